The average Bonchev–Trinajstić information content (AvgIpc) is 2.15. The third kappa shape index (κ3) is 4.74. The molecule has 0 fully saturated rings. The Bertz CT molecular complexity index is 443. The molecule has 0 amide bonds. The number of rotatable bonds is 5. The second kappa shape index (κ2) is 5.43. The summed E-state index contributed by atoms with van der Waals surface area (Å²) in [7, 11) is -3.37. The fraction of sp³-hybridized carbons (Fsp3) is 0.455. The van der Waals surface area contributed by atoms with Gasteiger partial charge in [-0.15, -0.1) is 0 Å². The molecule has 16 heavy (non-hydrogen) atoms. The molecule has 1 rings (SSSR count). The number of nitrogens with one attached hydrogen (secondary N) is 1. The van der Waals surface area contributed by atoms with Crippen LogP contribution in [0.3, 0.4) is 0 Å². The van der Waals surface area contributed by atoms with Crippen molar-refractivity contribution in [1.82, 2.24) is 5.32 Å². The molecule has 0 aliphatic carbocycles. The molecule has 3 N–H and O–H groups in total. The molecule has 90 valence electrons. The molecule has 0 bridgehead atoms. The van der Waals surface area contributed by atoms with Crippen molar-refractivity contribution in [3.05, 3.63) is 35.4 Å². The summed E-state index contributed by atoms with van der Waals surface area (Å²) >= 11 is 0. The molecule has 0 aromatic heterocycles. The summed E-state index contributed by atoms with van der Waals surface area (Å²) in [6.45, 7) is 4.40. The van der Waals surface area contributed by atoms with Gasteiger partial charge in [-0.25, -0.2) is 13.6 Å². The summed E-state index contributed by atoms with van der Waals surface area (Å²) in [6.07, 6.45) is 0. The molecule has 0 unspecified atom stereocenters. The van der Waals surface area contributed by atoms with Gasteiger partial charge in [0.1, 0.15) is 0 Å². The van der Waals surface area contributed by atoms with Crippen molar-refractivity contribution in [3.8, 4) is 0 Å². The third-order valence-corrected chi connectivity index (χ3v) is 3.15. The Morgan fingerprint density at radius 3 is 2.69 bits per heavy atom. The van der Waals surface area contributed by atoms with Gasteiger partial charge in [0.2, 0.25) is 10.0 Å². The van der Waals surface area contributed by atoms with Gasteiger partial charge in [0.15, 0.2) is 0 Å². The number of aryl methyl sites for hydroxylation is 1. The number of sulfonamides is 1. The third-order valence-electron chi connectivity index (χ3n) is 2.38. The first-order valence-electron chi connectivity index (χ1n) is 5.19. The quantitative estimate of drug-likeness (QED) is 0.807. The smallest absolute Gasteiger partial charge is 0.210 e. The van der Waals surface area contributed by atoms with Crippen molar-refractivity contribution in [2.75, 3.05) is 12.3 Å². The lowest BCUT2D eigenvalue weighted by Crippen LogP contribution is -2.28. The lowest BCUT2D eigenvalue weighted by Gasteiger charge is -2.14. The monoisotopic (exact) mass is 242 g/mol. The minimum Gasteiger partial charge on any atom is -0.309 e. The van der Waals surface area contributed by atoms with Crippen molar-refractivity contribution >= 4 is 10.0 Å². The molecule has 5 heteroatoms. The van der Waals surface area contributed by atoms with Crippen LogP contribution in [0.1, 0.15) is 24.1 Å². The molecule has 0 saturated heterocycles. The van der Waals surface area contributed by atoms with E-state index in [2.05, 4.69) is 11.4 Å². The Kier molecular flexibility index (Phi) is 4.46. The Hall–Kier alpha value is -0.910. The van der Waals surface area contributed by atoms with Gasteiger partial charge in [0, 0.05) is 12.6 Å². The Morgan fingerprint density at radius 2 is 2.12 bits per heavy atom. The lowest BCUT2D eigenvalue weighted by atomic mass is 10.1. The van der Waals surface area contributed by atoms with Gasteiger partial charge in [-0.05, 0) is 19.4 Å². The van der Waals surface area contributed by atoms with Crippen LogP contribution in [0.25, 0.3) is 0 Å². The van der Waals surface area contributed by atoms with Gasteiger partial charge >= 0.3 is 0 Å². The largest absolute Gasteiger partial charge is 0.309 e. The topological polar surface area (TPSA) is 72.2 Å². The summed E-state index contributed by atoms with van der Waals surface area (Å²) in [5, 5.41) is 8.04. The SMILES string of the molecule is Cc1cccc([C@@H](C)NCCS(N)(=O)=O)c1. The van der Waals surface area contributed by atoms with Crippen molar-refractivity contribution < 1.29 is 8.42 Å². The highest BCUT2D eigenvalue weighted by molar-refractivity contribution is 7.89. The number of hydrogen-bond acceptors (Lipinski definition) is 3. The first-order chi connectivity index (χ1) is 7.38. The van der Waals surface area contributed by atoms with Gasteiger partial charge < -0.3 is 5.32 Å². The maximum atomic E-state index is 10.7. The Balaban J connectivity index is 2.50. The van der Waals surface area contributed by atoms with Crippen LogP contribution in [-0.2, 0) is 10.0 Å². The van der Waals surface area contributed by atoms with Gasteiger partial charge in [-0.2, -0.15) is 0 Å². The zero-order valence-corrected chi connectivity index (χ0v) is 10.4. The first kappa shape index (κ1) is 13.2. The van der Waals surface area contributed by atoms with Crippen LogP contribution in [0.5, 0.6) is 0 Å². The van der Waals surface area contributed by atoms with Gasteiger partial charge in [-0.3, -0.25) is 0 Å². The highest BCUT2D eigenvalue weighted by atomic mass is 32.2. The van der Waals surface area contributed by atoms with Crippen LogP contribution in [0.15, 0.2) is 24.3 Å². The van der Waals surface area contributed by atoms with Crippen molar-refractivity contribution in [3.63, 3.8) is 0 Å². The summed E-state index contributed by atoms with van der Waals surface area (Å²) < 4.78 is 21.5. The molecule has 0 aliphatic rings. The van der Waals surface area contributed by atoms with Gasteiger partial charge in [0.25, 0.3) is 0 Å². The molecule has 1 aromatic carbocycles. The van der Waals surface area contributed by atoms with Crippen LogP contribution in [-0.4, -0.2) is 20.7 Å². The first-order valence-corrected chi connectivity index (χ1v) is 6.90. The number of primary sulfonamides is 1. The van der Waals surface area contributed by atoms with E-state index in [1.165, 1.54) is 5.56 Å². The van der Waals surface area contributed by atoms with E-state index in [0.29, 0.717) is 6.54 Å². The molecule has 1 aromatic rings. The molecule has 0 spiro atoms. The standard InChI is InChI=1S/C11H18N2O2S/c1-9-4-3-5-11(8-9)10(2)13-6-7-16(12,14)15/h3-5,8,10,13H,6-7H2,1-2H3,(H2,12,14,15)/t10-/m1/s1. The predicted molar refractivity (Wildman–Crippen MR) is 65.6 cm³/mol. The number of benzene rings is 1. The molecule has 1 atom stereocenters. The molecule has 0 saturated carbocycles. The molecular weight excluding hydrogens is 224 g/mol. The number of nitrogens with two attached hydrogens (primary N) is 1. The zero-order chi connectivity index (χ0) is 12.2. The van der Waals surface area contributed by atoms with E-state index >= 15 is 0 Å². The zero-order valence-electron chi connectivity index (χ0n) is 9.60. The van der Waals surface area contributed by atoms with Crippen LogP contribution >= 0.6 is 0 Å². The van der Waals surface area contributed by atoms with Gasteiger partial charge in [0.05, 0.1) is 5.75 Å². The highest BCUT2D eigenvalue weighted by Gasteiger charge is 2.07. The maximum Gasteiger partial charge on any atom is 0.210 e. The second-order valence-electron chi connectivity index (χ2n) is 3.96. The van der Waals surface area contributed by atoms with E-state index in [1.54, 1.807) is 0 Å². The lowest BCUT2D eigenvalue weighted by molar-refractivity contribution is 0.573. The van der Waals surface area contributed by atoms with E-state index < -0.39 is 10.0 Å². The summed E-state index contributed by atoms with van der Waals surface area (Å²) in [4.78, 5) is 0. The summed E-state index contributed by atoms with van der Waals surface area (Å²) in [6, 6.07) is 8.24. The number of hydrogen-bond donors (Lipinski definition) is 2. The molecule has 0 radical (unpaired) electrons. The Labute approximate surface area is 96.9 Å². The van der Waals surface area contributed by atoms with E-state index in [1.807, 2.05) is 32.0 Å². The van der Waals surface area contributed by atoms with Crippen LogP contribution < -0.4 is 10.5 Å². The fourth-order valence-corrected chi connectivity index (χ4v) is 1.88. The van der Waals surface area contributed by atoms with E-state index in [4.69, 9.17) is 5.14 Å². The van der Waals surface area contributed by atoms with Crippen LogP contribution in [0.4, 0.5) is 0 Å². The molecule has 4 nitrogen and oxygen atoms in total. The molecular formula is C11H18N2O2S. The average molecular weight is 242 g/mol. The van der Waals surface area contributed by atoms with Crippen molar-refractivity contribution in [2.45, 2.75) is 19.9 Å². The normalized spacial score (nSPS) is 13.7. The Morgan fingerprint density at radius 1 is 1.44 bits per heavy atom. The second-order valence-corrected chi connectivity index (χ2v) is 5.69. The molecule has 0 aliphatic heterocycles. The highest BCUT2D eigenvalue weighted by Crippen LogP contribution is 2.13. The predicted octanol–water partition coefficient (Wildman–Crippen LogP) is 0.934. The van der Waals surface area contributed by atoms with Crippen molar-refractivity contribution in [1.29, 1.82) is 0 Å². The van der Waals surface area contributed by atoms with E-state index in [9.17, 15) is 8.42 Å². The van der Waals surface area contributed by atoms with Crippen molar-refractivity contribution in [2.24, 2.45) is 5.14 Å². The minimum absolute atomic E-state index is 0.0385. The summed E-state index contributed by atoms with van der Waals surface area (Å²) in [5.74, 6) is -0.0385. The minimum atomic E-state index is -3.37. The van der Waals surface area contributed by atoms with Crippen LogP contribution in [0.2, 0.25) is 0 Å². The fourth-order valence-electron chi connectivity index (χ4n) is 1.48. The van der Waals surface area contributed by atoms with Crippen LogP contribution in [0, 0.1) is 6.92 Å². The summed E-state index contributed by atoms with van der Waals surface area (Å²) in [5.41, 5.74) is 2.34. The van der Waals surface area contributed by atoms with Gasteiger partial charge in [-0.1, -0.05) is 29.8 Å². The maximum absolute atomic E-state index is 10.7. The van der Waals surface area contributed by atoms with E-state index in [0.717, 1.165) is 5.56 Å². The van der Waals surface area contributed by atoms with E-state index in [-0.39, 0.29) is 11.8 Å². The molecule has 0 heterocycles.